The van der Waals surface area contributed by atoms with E-state index in [2.05, 4.69) is 0 Å². The lowest BCUT2D eigenvalue weighted by molar-refractivity contribution is 0.266. The minimum Gasteiger partial charge on any atom is -0.399 e. The molecule has 18 heavy (non-hydrogen) atoms. The molecule has 3 N–H and O–H groups in total. The Bertz CT molecular complexity index is 460. The molecule has 0 saturated heterocycles. The summed E-state index contributed by atoms with van der Waals surface area (Å²) in [5.74, 6) is 0.528. The first-order chi connectivity index (χ1) is 8.45. The molecule has 0 aliphatic carbocycles. The minimum atomic E-state index is -3.27. The average molecular weight is 290 g/mol. The molecule has 0 saturated carbocycles. The molecule has 102 valence electrons. The van der Waals surface area contributed by atoms with Crippen LogP contribution in [0.3, 0.4) is 0 Å². The fraction of sp³-hybridized carbons (Fsp3) is 0.455. The Morgan fingerprint density at radius 1 is 1.33 bits per heavy atom. The molecule has 1 rings (SSSR count). The van der Waals surface area contributed by atoms with E-state index in [4.69, 9.17) is 10.8 Å². The third-order valence-electron chi connectivity index (χ3n) is 2.38. The molecule has 0 bridgehead atoms. The number of nitrogens with two attached hydrogens (primary N) is 1. The largest absolute Gasteiger partial charge is 0.399 e. The van der Waals surface area contributed by atoms with Gasteiger partial charge in [0.05, 0.1) is 12.4 Å². The highest BCUT2D eigenvalue weighted by Gasteiger charge is 2.16. The number of benzene rings is 1. The predicted molar refractivity (Wildman–Crippen MR) is 75.1 cm³/mol. The third kappa shape index (κ3) is 4.85. The zero-order valence-electron chi connectivity index (χ0n) is 10.2. The van der Waals surface area contributed by atoms with E-state index < -0.39 is 10.0 Å². The molecule has 5 nitrogen and oxygen atoms in total. The molecular formula is C11H18N2O3S2. The molecule has 0 heterocycles. The molecule has 1 aromatic rings. The number of nitrogens with zero attached hydrogens (tertiary/aromatic N) is 1. The van der Waals surface area contributed by atoms with Gasteiger partial charge in [0.15, 0.2) is 0 Å². The van der Waals surface area contributed by atoms with Crippen LogP contribution < -0.4 is 5.73 Å². The first-order valence-corrected chi connectivity index (χ1v) is 8.08. The molecule has 7 heteroatoms. The summed E-state index contributed by atoms with van der Waals surface area (Å²) in [5.41, 5.74) is 6.25. The Morgan fingerprint density at radius 3 is 2.50 bits per heavy atom. The molecule has 0 amide bonds. The lowest BCUT2D eigenvalue weighted by Gasteiger charge is -2.15. The lowest BCUT2D eigenvalue weighted by Crippen LogP contribution is -2.32. The molecule has 0 aromatic heterocycles. The Hall–Kier alpha value is -0.760. The first kappa shape index (κ1) is 15.3. The van der Waals surface area contributed by atoms with E-state index in [1.165, 1.54) is 23.1 Å². The van der Waals surface area contributed by atoms with E-state index in [9.17, 15) is 8.42 Å². The summed E-state index contributed by atoms with van der Waals surface area (Å²) in [6, 6.07) is 7.30. The zero-order chi connectivity index (χ0) is 13.6. The number of likely N-dealkylation sites (N-methyl/N-ethyl adjacent to an activating group) is 1. The number of aliphatic hydroxyl groups is 1. The highest BCUT2D eigenvalue weighted by atomic mass is 32.2. The van der Waals surface area contributed by atoms with Crippen LogP contribution in [0.2, 0.25) is 0 Å². The average Bonchev–Trinajstić information content (AvgIpc) is 2.32. The molecule has 1 aromatic carbocycles. The summed E-state index contributed by atoms with van der Waals surface area (Å²) >= 11 is 1.47. The molecule has 0 fully saturated rings. The molecule has 0 radical (unpaired) electrons. The number of hydrogen-bond acceptors (Lipinski definition) is 5. The number of rotatable bonds is 7. The fourth-order valence-corrected chi connectivity index (χ4v) is 3.68. The number of aliphatic hydroxyl groups excluding tert-OH is 1. The van der Waals surface area contributed by atoms with Crippen LogP contribution in [0.25, 0.3) is 0 Å². The van der Waals surface area contributed by atoms with Crippen molar-refractivity contribution in [3.05, 3.63) is 24.3 Å². The van der Waals surface area contributed by atoms with Crippen molar-refractivity contribution in [2.45, 2.75) is 4.90 Å². The van der Waals surface area contributed by atoms with Crippen LogP contribution in [0, 0.1) is 0 Å². The van der Waals surface area contributed by atoms with Crippen LogP contribution >= 0.6 is 11.8 Å². The van der Waals surface area contributed by atoms with Crippen molar-refractivity contribution >= 4 is 27.5 Å². The van der Waals surface area contributed by atoms with Crippen molar-refractivity contribution in [2.24, 2.45) is 0 Å². The van der Waals surface area contributed by atoms with Gasteiger partial charge < -0.3 is 10.8 Å². The standard InChI is InChI=1S/C11H18N2O3S2/c1-13(6-7-14)18(15,16)9-8-17-11-4-2-10(12)3-5-11/h2-5,14H,6-9,12H2,1H3. The van der Waals surface area contributed by atoms with E-state index in [0.29, 0.717) is 11.4 Å². The zero-order valence-corrected chi connectivity index (χ0v) is 11.9. The van der Waals surface area contributed by atoms with Gasteiger partial charge in [0, 0.05) is 29.9 Å². The van der Waals surface area contributed by atoms with Gasteiger partial charge in [-0.1, -0.05) is 0 Å². The SMILES string of the molecule is CN(CCO)S(=O)(=O)CCSc1ccc(N)cc1. The summed E-state index contributed by atoms with van der Waals surface area (Å²) in [7, 11) is -1.80. The summed E-state index contributed by atoms with van der Waals surface area (Å²) < 4.78 is 24.7. The van der Waals surface area contributed by atoms with Gasteiger partial charge in [-0.15, -0.1) is 11.8 Å². The Balaban J connectivity index is 2.44. The van der Waals surface area contributed by atoms with Crippen molar-refractivity contribution < 1.29 is 13.5 Å². The van der Waals surface area contributed by atoms with E-state index in [0.717, 1.165) is 4.90 Å². The highest BCUT2D eigenvalue weighted by Crippen LogP contribution is 2.19. The topological polar surface area (TPSA) is 83.6 Å². The van der Waals surface area contributed by atoms with Crippen LogP contribution in [-0.4, -0.2) is 49.5 Å². The van der Waals surface area contributed by atoms with Gasteiger partial charge in [-0.05, 0) is 24.3 Å². The van der Waals surface area contributed by atoms with E-state index in [1.807, 2.05) is 12.1 Å². The molecular weight excluding hydrogens is 272 g/mol. The maximum atomic E-state index is 11.7. The molecule has 0 unspecified atom stereocenters. The van der Waals surface area contributed by atoms with Gasteiger partial charge in [-0.25, -0.2) is 12.7 Å². The maximum absolute atomic E-state index is 11.7. The lowest BCUT2D eigenvalue weighted by atomic mass is 10.3. The van der Waals surface area contributed by atoms with Crippen molar-refractivity contribution in [1.29, 1.82) is 0 Å². The molecule has 0 aliphatic heterocycles. The van der Waals surface area contributed by atoms with Gasteiger partial charge in [0.25, 0.3) is 0 Å². The van der Waals surface area contributed by atoms with Crippen LogP contribution in [0.1, 0.15) is 0 Å². The third-order valence-corrected chi connectivity index (χ3v) is 5.50. The van der Waals surface area contributed by atoms with Crippen LogP contribution in [0.15, 0.2) is 29.2 Å². The second-order valence-electron chi connectivity index (χ2n) is 3.78. The van der Waals surface area contributed by atoms with Crippen LogP contribution in [0.5, 0.6) is 0 Å². The maximum Gasteiger partial charge on any atom is 0.214 e. The fourth-order valence-electron chi connectivity index (χ4n) is 1.26. The normalized spacial score (nSPS) is 11.9. The van der Waals surface area contributed by atoms with Crippen molar-refractivity contribution in [3.8, 4) is 0 Å². The predicted octanol–water partition coefficient (Wildman–Crippen LogP) is 0.615. The van der Waals surface area contributed by atoms with Gasteiger partial charge in [0.1, 0.15) is 0 Å². The Labute approximate surface area is 112 Å². The van der Waals surface area contributed by atoms with Crippen molar-refractivity contribution in [2.75, 3.05) is 37.4 Å². The number of thioether (sulfide) groups is 1. The molecule has 0 aliphatic rings. The number of anilines is 1. The van der Waals surface area contributed by atoms with E-state index in [1.54, 1.807) is 12.1 Å². The number of hydrogen-bond donors (Lipinski definition) is 2. The van der Waals surface area contributed by atoms with Crippen LogP contribution in [0.4, 0.5) is 5.69 Å². The van der Waals surface area contributed by atoms with Gasteiger partial charge >= 0.3 is 0 Å². The molecule has 0 spiro atoms. The quantitative estimate of drug-likeness (QED) is 0.568. The van der Waals surface area contributed by atoms with Crippen LogP contribution in [-0.2, 0) is 10.0 Å². The smallest absolute Gasteiger partial charge is 0.214 e. The Morgan fingerprint density at radius 2 is 1.94 bits per heavy atom. The van der Waals surface area contributed by atoms with E-state index >= 15 is 0 Å². The van der Waals surface area contributed by atoms with Gasteiger partial charge in [0.2, 0.25) is 10.0 Å². The number of sulfonamides is 1. The second kappa shape index (κ2) is 6.98. The minimum absolute atomic E-state index is 0.0541. The first-order valence-electron chi connectivity index (χ1n) is 5.49. The monoisotopic (exact) mass is 290 g/mol. The number of nitrogen functional groups attached to an aromatic ring is 1. The highest BCUT2D eigenvalue weighted by molar-refractivity contribution is 8.00. The summed E-state index contributed by atoms with van der Waals surface area (Å²) in [6.07, 6.45) is 0. The summed E-state index contributed by atoms with van der Waals surface area (Å²) in [4.78, 5) is 0.990. The van der Waals surface area contributed by atoms with E-state index in [-0.39, 0.29) is 18.9 Å². The van der Waals surface area contributed by atoms with Crippen molar-refractivity contribution in [1.82, 2.24) is 4.31 Å². The molecule has 0 atom stereocenters. The summed E-state index contributed by atoms with van der Waals surface area (Å²) in [5, 5.41) is 8.71. The Kier molecular flexibility index (Phi) is 5.94. The summed E-state index contributed by atoms with van der Waals surface area (Å²) in [6.45, 7) is -0.0320. The van der Waals surface area contributed by atoms with Crippen molar-refractivity contribution in [3.63, 3.8) is 0 Å². The van der Waals surface area contributed by atoms with Gasteiger partial charge in [-0.3, -0.25) is 0 Å². The second-order valence-corrected chi connectivity index (χ2v) is 7.14. The van der Waals surface area contributed by atoms with Gasteiger partial charge in [-0.2, -0.15) is 0 Å².